The highest BCUT2D eigenvalue weighted by molar-refractivity contribution is 7.92. The Kier molecular flexibility index (Phi) is 6.13. The summed E-state index contributed by atoms with van der Waals surface area (Å²) < 4.78 is 40.8. The first-order valence-corrected chi connectivity index (χ1v) is 12.2. The van der Waals surface area contributed by atoms with Crippen LogP contribution >= 0.6 is 34.5 Å². The Morgan fingerprint density at radius 1 is 1.00 bits per heavy atom. The highest BCUT2D eigenvalue weighted by Crippen LogP contribution is 2.32. The second-order valence-electron chi connectivity index (χ2n) is 6.84. The van der Waals surface area contributed by atoms with Gasteiger partial charge in [-0.3, -0.25) is 9.10 Å². The summed E-state index contributed by atoms with van der Waals surface area (Å²) in [5, 5.41) is 4.24. The molecule has 3 aromatic carbocycles. The minimum atomic E-state index is -3.87. The normalized spacial score (nSPS) is 11.5. The second-order valence-corrected chi connectivity index (χ2v) is 10.7. The van der Waals surface area contributed by atoms with E-state index in [9.17, 15) is 17.6 Å². The fourth-order valence-corrected chi connectivity index (χ4v) is 5.60. The van der Waals surface area contributed by atoms with E-state index >= 15 is 0 Å². The van der Waals surface area contributed by atoms with Gasteiger partial charge in [0.25, 0.3) is 15.9 Å². The van der Waals surface area contributed by atoms with Gasteiger partial charge in [0, 0.05) is 16.8 Å². The lowest BCUT2D eigenvalue weighted by Crippen LogP contribution is -2.26. The van der Waals surface area contributed by atoms with Crippen LogP contribution < -0.4 is 9.62 Å². The third-order valence-electron chi connectivity index (χ3n) is 4.74. The third-order valence-corrected chi connectivity index (χ3v) is 8.20. The van der Waals surface area contributed by atoms with Gasteiger partial charge in [-0.2, -0.15) is 0 Å². The van der Waals surface area contributed by atoms with Crippen LogP contribution in [0, 0.1) is 5.82 Å². The highest BCUT2D eigenvalue weighted by Gasteiger charge is 2.22. The first kappa shape index (κ1) is 22.5. The Labute approximate surface area is 198 Å². The number of thiophene rings is 1. The molecule has 164 valence electrons. The number of nitrogens with one attached hydrogen (secondary N) is 1. The minimum Gasteiger partial charge on any atom is -0.320 e. The zero-order chi connectivity index (χ0) is 23.0. The molecule has 0 spiro atoms. The molecule has 0 saturated carbocycles. The number of hydrogen-bond donors (Lipinski definition) is 1. The van der Waals surface area contributed by atoms with Gasteiger partial charge in [0.1, 0.15) is 5.82 Å². The van der Waals surface area contributed by atoms with E-state index in [0.29, 0.717) is 31.7 Å². The van der Waals surface area contributed by atoms with E-state index in [2.05, 4.69) is 5.32 Å². The van der Waals surface area contributed by atoms with Crippen LogP contribution in [0.4, 0.5) is 15.8 Å². The number of carbonyl (C=O) groups is 1. The molecule has 0 fully saturated rings. The second kappa shape index (κ2) is 8.71. The molecule has 0 bridgehead atoms. The van der Waals surface area contributed by atoms with Crippen LogP contribution in [-0.4, -0.2) is 21.4 Å². The topological polar surface area (TPSA) is 66.5 Å². The van der Waals surface area contributed by atoms with Gasteiger partial charge in [0.05, 0.1) is 26.2 Å². The van der Waals surface area contributed by atoms with E-state index in [4.69, 9.17) is 23.2 Å². The number of sulfonamides is 1. The summed E-state index contributed by atoms with van der Waals surface area (Å²) in [6.45, 7) is 0. The molecule has 32 heavy (non-hydrogen) atoms. The van der Waals surface area contributed by atoms with Crippen LogP contribution in [0.15, 0.2) is 71.6 Å². The average Bonchev–Trinajstić information content (AvgIpc) is 3.19. The average molecular weight is 509 g/mol. The smallest absolute Gasteiger partial charge is 0.265 e. The number of nitrogens with zero attached hydrogens (tertiary/aromatic N) is 1. The van der Waals surface area contributed by atoms with Crippen molar-refractivity contribution in [3.05, 3.63) is 87.5 Å². The first-order chi connectivity index (χ1) is 15.1. The quantitative estimate of drug-likeness (QED) is 0.338. The Morgan fingerprint density at radius 2 is 1.72 bits per heavy atom. The maximum atomic E-state index is 13.2. The molecule has 4 aromatic rings. The molecule has 0 radical (unpaired) electrons. The van der Waals surface area contributed by atoms with Gasteiger partial charge in [-0.05, 0) is 72.1 Å². The lowest BCUT2D eigenvalue weighted by molar-refractivity contribution is 0.103. The zero-order valence-electron chi connectivity index (χ0n) is 16.5. The van der Waals surface area contributed by atoms with E-state index < -0.39 is 15.8 Å². The lowest BCUT2D eigenvalue weighted by atomic mass is 10.2. The molecule has 0 atom stereocenters. The van der Waals surface area contributed by atoms with E-state index in [0.717, 1.165) is 21.1 Å². The van der Waals surface area contributed by atoms with Gasteiger partial charge in [-0.25, -0.2) is 12.8 Å². The van der Waals surface area contributed by atoms with Crippen LogP contribution in [0.2, 0.25) is 10.0 Å². The molecule has 1 heterocycles. The number of fused-ring (bicyclic) bond motifs is 1. The predicted octanol–water partition coefficient (Wildman–Crippen LogP) is 6.42. The van der Waals surface area contributed by atoms with Crippen molar-refractivity contribution in [3.8, 4) is 0 Å². The lowest BCUT2D eigenvalue weighted by Gasteiger charge is -2.19. The number of carbonyl (C=O) groups excluding carboxylic acids is 1. The van der Waals surface area contributed by atoms with Crippen molar-refractivity contribution >= 4 is 71.9 Å². The zero-order valence-corrected chi connectivity index (χ0v) is 19.6. The van der Waals surface area contributed by atoms with Crippen molar-refractivity contribution in [1.29, 1.82) is 0 Å². The van der Waals surface area contributed by atoms with Crippen LogP contribution in [0.5, 0.6) is 0 Å². The number of rotatable bonds is 5. The largest absolute Gasteiger partial charge is 0.320 e. The molecule has 0 saturated heterocycles. The summed E-state index contributed by atoms with van der Waals surface area (Å²) >= 11 is 13.3. The van der Waals surface area contributed by atoms with Gasteiger partial charge >= 0.3 is 0 Å². The molecule has 1 amide bonds. The van der Waals surface area contributed by atoms with Gasteiger partial charge < -0.3 is 5.32 Å². The number of benzene rings is 3. The van der Waals surface area contributed by atoms with Crippen molar-refractivity contribution < 1.29 is 17.6 Å². The molecule has 1 N–H and O–H groups in total. The molecule has 0 unspecified atom stereocenters. The summed E-state index contributed by atoms with van der Waals surface area (Å²) in [5.74, 6) is -0.860. The monoisotopic (exact) mass is 508 g/mol. The number of anilines is 2. The van der Waals surface area contributed by atoms with Crippen LogP contribution in [-0.2, 0) is 10.0 Å². The molecular weight excluding hydrogens is 494 g/mol. The number of amides is 1. The molecule has 4 rings (SSSR count). The molecular formula is C22H15Cl2FN2O3S2. The number of halogens is 3. The minimum absolute atomic E-state index is 0.0216. The number of hydrogen-bond acceptors (Lipinski definition) is 4. The van der Waals surface area contributed by atoms with E-state index in [1.165, 1.54) is 36.6 Å². The van der Waals surface area contributed by atoms with Gasteiger partial charge in [0.2, 0.25) is 0 Å². The van der Waals surface area contributed by atoms with Crippen LogP contribution in [0.3, 0.4) is 0 Å². The Balaban J connectivity index is 1.61. The summed E-state index contributed by atoms with van der Waals surface area (Å²) in [6.07, 6.45) is 0. The Hall–Kier alpha value is -2.65. The Morgan fingerprint density at radius 3 is 2.41 bits per heavy atom. The maximum absolute atomic E-state index is 13.2. The standard InChI is InChI=1S/C22H15Cl2FN2O3S2/c1-27(32(29,30)17-6-3-15(25)4-7-17)16-5-9-20-13(10-16)11-21(31-20)22(28)26-19-8-2-14(23)12-18(19)24/h2-12H,1H3,(H,26,28). The maximum Gasteiger partial charge on any atom is 0.265 e. The van der Waals surface area contributed by atoms with Gasteiger partial charge in [-0.15, -0.1) is 11.3 Å². The third kappa shape index (κ3) is 4.45. The fourth-order valence-electron chi connectivity index (χ4n) is 3.02. The van der Waals surface area contributed by atoms with Crippen molar-refractivity contribution in [2.24, 2.45) is 0 Å². The van der Waals surface area contributed by atoms with E-state index in [-0.39, 0.29) is 10.8 Å². The van der Waals surface area contributed by atoms with Crippen molar-refractivity contribution in [3.63, 3.8) is 0 Å². The summed E-state index contributed by atoms with van der Waals surface area (Å²) in [5.41, 5.74) is 0.844. The fraction of sp³-hybridized carbons (Fsp3) is 0.0455. The van der Waals surface area contributed by atoms with Crippen molar-refractivity contribution in [1.82, 2.24) is 0 Å². The predicted molar refractivity (Wildman–Crippen MR) is 128 cm³/mol. The van der Waals surface area contributed by atoms with E-state index in [1.54, 1.807) is 36.4 Å². The molecule has 1 aromatic heterocycles. The van der Waals surface area contributed by atoms with Gasteiger partial charge in [-0.1, -0.05) is 23.2 Å². The van der Waals surface area contributed by atoms with Crippen LogP contribution in [0.1, 0.15) is 9.67 Å². The van der Waals surface area contributed by atoms with Crippen molar-refractivity contribution in [2.75, 3.05) is 16.7 Å². The van der Waals surface area contributed by atoms with Crippen LogP contribution in [0.25, 0.3) is 10.1 Å². The summed E-state index contributed by atoms with van der Waals surface area (Å²) in [4.78, 5) is 13.1. The molecule has 10 heteroatoms. The molecule has 5 nitrogen and oxygen atoms in total. The van der Waals surface area contributed by atoms with E-state index in [1.807, 2.05) is 0 Å². The summed E-state index contributed by atoms with van der Waals surface area (Å²) in [7, 11) is -2.45. The highest BCUT2D eigenvalue weighted by atomic mass is 35.5. The van der Waals surface area contributed by atoms with Gasteiger partial charge in [0.15, 0.2) is 0 Å². The molecule has 0 aliphatic carbocycles. The Bertz CT molecular complexity index is 1440. The summed E-state index contributed by atoms with van der Waals surface area (Å²) in [6, 6.07) is 16.2. The SMILES string of the molecule is CN(c1ccc2sc(C(=O)Nc3ccc(Cl)cc3Cl)cc2c1)S(=O)(=O)c1ccc(F)cc1. The first-order valence-electron chi connectivity index (χ1n) is 9.19. The molecule has 0 aliphatic heterocycles. The van der Waals surface area contributed by atoms with Crippen molar-refractivity contribution in [2.45, 2.75) is 4.90 Å². The molecule has 0 aliphatic rings.